The molecule has 144 valence electrons. The third-order valence-electron chi connectivity index (χ3n) is 4.87. The average Bonchev–Trinajstić information content (AvgIpc) is 3.27. The number of aryl methyl sites for hydroxylation is 1. The number of hydrogen-bond acceptors (Lipinski definition) is 4. The van der Waals surface area contributed by atoms with Crippen LogP contribution < -0.4 is 14.8 Å². The molecule has 7 nitrogen and oxygen atoms in total. The third-order valence-corrected chi connectivity index (χ3v) is 4.87. The number of para-hydroxylation sites is 2. The fourth-order valence-electron chi connectivity index (χ4n) is 3.39. The molecule has 4 aromatic rings. The van der Waals surface area contributed by atoms with E-state index in [1.165, 1.54) is 0 Å². The van der Waals surface area contributed by atoms with Crippen molar-refractivity contribution in [1.29, 1.82) is 0 Å². The van der Waals surface area contributed by atoms with E-state index in [1.54, 1.807) is 14.2 Å². The van der Waals surface area contributed by atoms with Crippen LogP contribution in [0.3, 0.4) is 0 Å². The highest BCUT2D eigenvalue weighted by Crippen LogP contribution is 2.33. The molecule has 0 saturated carbocycles. The number of ether oxygens (including phenoxy) is 2. The molecule has 0 unspecified atom stereocenters. The van der Waals surface area contributed by atoms with Gasteiger partial charge in [0.15, 0.2) is 11.5 Å². The zero-order valence-electron chi connectivity index (χ0n) is 16.1. The van der Waals surface area contributed by atoms with Crippen molar-refractivity contribution in [2.24, 2.45) is 7.05 Å². The minimum atomic E-state index is -0.132. The number of hydrogen-bond donors (Lipinski definition) is 2. The summed E-state index contributed by atoms with van der Waals surface area (Å²) < 4.78 is 12.6. The summed E-state index contributed by atoms with van der Waals surface area (Å²) in [5, 5.41) is 3.89. The summed E-state index contributed by atoms with van der Waals surface area (Å²) in [5.41, 5.74) is 3.41. The van der Waals surface area contributed by atoms with Gasteiger partial charge in [0.2, 0.25) is 0 Å². The van der Waals surface area contributed by atoms with Gasteiger partial charge in [-0.25, -0.2) is 4.98 Å². The van der Waals surface area contributed by atoms with Gasteiger partial charge in [0.25, 0.3) is 5.91 Å². The zero-order valence-corrected chi connectivity index (χ0v) is 16.1. The Bertz CT molecular complexity index is 1130. The highest BCUT2D eigenvalue weighted by molar-refractivity contribution is 5.99. The molecule has 0 saturated heterocycles. The lowest BCUT2D eigenvalue weighted by molar-refractivity contribution is 0.0946. The Balaban J connectivity index is 1.49. The molecule has 2 aromatic carbocycles. The molecular weight excluding hydrogens is 356 g/mol. The van der Waals surface area contributed by atoms with Gasteiger partial charge in [0.1, 0.15) is 11.5 Å². The maximum Gasteiger partial charge on any atom is 0.267 e. The van der Waals surface area contributed by atoms with Gasteiger partial charge < -0.3 is 24.3 Å². The molecule has 2 heterocycles. The highest BCUT2D eigenvalue weighted by Gasteiger charge is 2.16. The number of aromatic nitrogens is 3. The van der Waals surface area contributed by atoms with E-state index in [2.05, 4.69) is 15.3 Å². The maximum atomic E-state index is 12.7. The molecule has 2 N–H and O–H groups in total. The van der Waals surface area contributed by atoms with Crippen LogP contribution >= 0.6 is 0 Å². The number of rotatable bonds is 6. The number of carbonyl (C=O) groups excluding carboxylic acids is 1. The molecule has 0 aliphatic rings. The Hall–Kier alpha value is -3.48. The van der Waals surface area contributed by atoms with Crippen LogP contribution in [-0.4, -0.2) is 41.2 Å². The van der Waals surface area contributed by atoms with E-state index < -0.39 is 0 Å². The first-order chi connectivity index (χ1) is 13.6. The van der Waals surface area contributed by atoms with Crippen LogP contribution in [0.4, 0.5) is 0 Å². The third kappa shape index (κ3) is 3.15. The van der Waals surface area contributed by atoms with Crippen LogP contribution in [0, 0.1) is 0 Å². The predicted molar refractivity (Wildman–Crippen MR) is 108 cm³/mol. The van der Waals surface area contributed by atoms with Crippen LogP contribution in [0.5, 0.6) is 11.5 Å². The average molecular weight is 378 g/mol. The molecule has 0 bridgehead atoms. The fourth-order valence-corrected chi connectivity index (χ4v) is 3.39. The van der Waals surface area contributed by atoms with Crippen molar-refractivity contribution in [1.82, 2.24) is 19.9 Å². The summed E-state index contributed by atoms with van der Waals surface area (Å²) in [6, 6.07) is 13.5. The molecule has 0 atom stereocenters. The molecule has 0 spiro atoms. The summed E-state index contributed by atoms with van der Waals surface area (Å²) >= 11 is 0. The van der Waals surface area contributed by atoms with E-state index >= 15 is 0 Å². The van der Waals surface area contributed by atoms with Gasteiger partial charge >= 0.3 is 0 Å². The summed E-state index contributed by atoms with van der Waals surface area (Å²) in [7, 11) is 5.05. The van der Waals surface area contributed by atoms with Gasteiger partial charge in [-0.3, -0.25) is 4.79 Å². The lowest BCUT2D eigenvalue weighted by atomic mass is 10.2. The van der Waals surface area contributed by atoms with Crippen molar-refractivity contribution in [3.8, 4) is 11.5 Å². The Morgan fingerprint density at radius 2 is 1.89 bits per heavy atom. The molecule has 0 radical (unpaired) electrons. The number of fused-ring (bicyclic) bond motifs is 2. The number of amides is 1. The molecule has 2 aromatic heterocycles. The van der Waals surface area contributed by atoms with E-state index in [4.69, 9.17) is 9.47 Å². The van der Waals surface area contributed by atoms with Crippen LogP contribution in [0.2, 0.25) is 0 Å². The van der Waals surface area contributed by atoms with Crippen LogP contribution in [0.25, 0.3) is 21.9 Å². The van der Waals surface area contributed by atoms with Crippen molar-refractivity contribution >= 4 is 27.8 Å². The SMILES string of the molecule is COc1cc2cc(C(=O)NCCc3nc4ccccc4[nH]3)n(C)c2cc1OC. The van der Waals surface area contributed by atoms with Gasteiger partial charge in [-0.1, -0.05) is 12.1 Å². The number of methoxy groups -OCH3 is 2. The summed E-state index contributed by atoms with van der Waals surface area (Å²) in [4.78, 5) is 20.5. The van der Waals surface area contributed by atoms with Crippen molar-refractivity contribution < 1.29 is 14.3 Å². The fraction of sp³-hybridized carbons (Fsp3) is 0.238. The maximum absolute atomic E-state index is 12.7. The Kier molecular flexibility index (Phi) is 4.65. The number of imidazole rings is 1. The number of aromatic amines is 1. The van der Waals surface area contributed by atoms with Crippen LogP contribution in [0.15, 0.2) is 42.5 Å². The first kappa shape index (κ1) is 17.9. The summed E-state index contributed by atoms with van der Waals surface area (Å²) in [6.07, 6.45) is 0.631. The van der Waals surface area contributed by atoms with Gasteiger partial charge in [0, 0.05) is 31.5 Å². The van der Waals surface area contributed by atoms with E-state index in [-0.39, 0.29) is 5.91 Å². The second-order valence-electron chi connectivity index (χ2n) is 6.56. The van der Waals surface area contributed by atoms with Crippen LogP contribution in [-0.2, 0) is 13.5 Å². The predicted octanol–water partition coefficient (Wildman–Crippen LogP) is 3.04. The van der Waals surface area contributed by atoms with Gasteiger partial charge in [0.05, 0.1) is 30.8 Å². The Morgan fingerprint density at radius 3 is 2.64 bits per heavy atom. The highest BCUT2D eigenvalue weighted by atomic mass is 16.5. The van der Waals surface area contributed by atoms with E-state index in [0.29, 0.717) is 30.2 Å². The molecule has 4 rings (SSSR count). The minimum absolute atomic E-state index is 0.132. The van der Waals surface area contributed by atoms with E-state index in [9.17, 15) is 4.79 Å². The largest absolute Gasteiger partial charge is 0.493 e. The number of nitrogens with one attached hydrogen (secondary N) is 2. The van der Waals surface area contributed by atoms with Gasteiger partial charge in [-0.15, -0.1) is 0 Å². The Morgan fingerprint density at radius 1 is 1.14 bits per heavy atom. The first-order valence-electron chi connectivity index (χ1n) is 9.04. The lowest BCUT2D eigenvalue weighted by Crippen LogP contribution is -2.27. The number of H-pyrrole nitrogens is 1. The standard InChI is InChI=1S/C21H22N4O3/c1-25-16-12-19(28-3)18(27-2)11-13(16)10-17(25)21(26)22-9-8-20-23-14-6-4-5-7-15(14)24-20/h4-7,10-12H,8-9H2,1-3H3,(H,22,26)(H,23,24). The number of carbonyl (C=O) groups is 1. The molecule has 0 fully saturated rings. The van der Waals surface area contributed by atoms with Crippen molar-refractivity contribution in [2.45, 2.75) is 6.42 Å². The number of nitrogens with zero attached hydrogens (tertiary/aromatic N) is 2. The number of benzene rings is 2. The molecule has 0 aliphatic heterocycles. The molecule has 7 heteroatoms. The quantitative estimate of drug-likeness (QED) is 0.540. The zero-order chi connectivity index (χ0) is 19.7. The molecule has 0 aliphatic carbocycles. The van der Waals surface area contributed by atoms with Crippen molar-refractivity contribution in [2.75, 3.05) is 20.8 Å². The van der Waals surface area contributed by atoms with Gasteiger partial charge in [-0.05, 0) is 24.3 Å². The second-order valence-corrected chi connectivity index (χ2v) is 6.56. The lowest BCUT2D eigenvalue weighted by Gasteiger charge is -2.08. The second kappa shape index (κ2) is 7.26. The minimum Gasteiger partial charge on any atom is -0.493 e. The topological polar surface area (TPSA) is 81.2 Å². The van der Waals surface area contributed by atoms with Crippen LogP contribution in [0.1, 0.15) is 16.3 Å². The first-order valence-corrected chi connectivity index (χ1v) is 9.04. The Labute approximate surface area is 162 Å². The molecule has 28 heavy (non-hydrogen) atoms. The summed E-state index contributed by atoms with van der Waals surface area (Å²) in [5.74, 6) is 1.99. The van der Waals surface area contributed by atoms with E-state index in [1.807, 2.05) is 54.1 Å². The normalized spacial score (nSPS) is 11.1. The molecule has 1 amide bonds. The molecular formula is C21H22N4O3. The summed E-state index contributed by atoms with van der Waals surface area (Å²) in [6.45, 7) is 0.493. The van der Waals surface area contributed by atoms with Gasteiger partial charge in [-0.2, -0.15) is 0 Å². The van der Waals surface area contributed by atoms with Crippen molar-refractivity contribution in [3.63, 3.8) is 0 Å². The van der Waals surface area contributed by atoms with E-state index in [0.717, 1.165) is 27.8 Å². The monoisotopic (exact) mass is 378 g/mol. The smallest absolute Gasteiger partial charge is 0.267 e. The van der Waals surface area contributed by atoms with Crippen molar-refractivity contribution in [3.05, 3.63) is 54.0 Å².